The number of hydrogen-bond acceptors (Lipinski definition) is 6. The number of thiazole rings is 1. The lowest BCUT2D eigenvalue weighted by Crippen LogP contribution is -2.04. The molecule has 2 aromatic heterocycles. The molecule has 0 radical (unpaired) electrons. The average molecular weight is 279 g/mol. The van der Waals surface area contributed by atoms with Crippen LogP contribution in [0, 0.1) is 10.1 Å². The van der Waals surface area contributed by atoms with Crippen LogP contribution in [0.25, 0.3) is 12.2 Å². The van der Waals surface area contributed by atoms with Gasteiger partial charge in [0.1, 0.15) is 5.76 Å². The lowest BCUT2D eigenvalue weighted by Gasteiger charge is -1.91. The van der Waals surface area contributed by atoms with Crippen LogP contribution in [0.4, 0.5) is 10.1 Å². The zero-order valence-electron chi connectivity index (χ0n) is 9.82. The van der Waals surface area contributed by atoms with Gasteiger partial charge in [-0.1, -0.05) is 0 Å². The van der Waals surface area contributed by atoms with E-state index in [9.17, 15) is 14.9 Å². The number of carbonyl (C=O) groups excluding carboxylic acids is 1. The van der Waals surface area contributed by atoms with Crippen molar-refractivity contribution in [2.24, 2.45) is 0 Å². The van der Waals surface area contributed by atoms with Crippen LogP contribution in [0.5, 0.6) is 0 Å². The van der Waals surface area contributed by atoms with Gasteiger partial charge >= 0.3 is 5.00 Å². The largest absolute Gasteiger partial charge is 0.465 e. The highest BCUT2D eigenvalue weighted by molar-refractivity contribution is 7.19. The summed E-state index contributed by atoms with van der Waals surface area (Å²) in [4.78, 5) is 25.2. The first kappa shape index (κ1) is 13.0. The lowest BCUT2D eigenvalue weighted by atomic mass is 10.3. The summed E-state index contributed by atoms with van der Waals surface area (Å²) in [6.45, 7) is 1.31. The first-order valence-electron chi connectivity index (χ1n) is 5.20. The molecule has 0 saturated heterocycles. The topological polar surface area (TPSA) is 98.3 Å². The summed E-state index contributed by atoms with van der Waals surface area (Å²) in [6.07, 6.45) is 4.54. The zero-order chi connectivity index (χ0) is 13.8. The third-order valence-corrected chi connectivity index (χ3v) is 2.97. The molecule has 0 atom stereocenters. The fourth-order valence-corrected chi connectivity index (χ4v) is 2.13. The molecule has 2 rings (SSSR count). The summed E-state index contributed by atoms with van der Waals surface area (Å²) in [5.74, 6) is 0.230. The van der Waals surface area contributed by atoms with Gasteiger partial charge in [0.2, 0.25) is 5.91 Å². The van der Waals surface area contributed by atoms with E-state index in [0.29, 0.717) is 5.76 Å². The van der Waals surface area contributed by atoms with Crippen molar-refractivity contribution >= 4 is 39.5 Å². The van der Waals surface area contributed by atoms with Crippen LogP contribution in [0.1, 0.15) is 18.4 Å². The quantitative estimate of drug-likeness (QED) is 0.685. The Morgan fingerprint density at radius 1 is 1.58 bits per heavy atom. The summed E-state index contributed by atoms with van der Waals surface area (Å²) < 4.78 is 5.08. The average Bonchev–Trinajstić information content (AvgIpc) is 2.94. The van der Waals surface area contributed by atoms with E-state index in [1.54, 1.807) is 18.2 Å². The summed E-state index contributed by atoms with van der Waals surface area (Å²) in [5.41, 5.74) is 0.176. The Kier molecular flexibility index (Phi) is 3.71. The Labute approximate surface area is 111 Å². The van der Waals surface area contributed by atoms with Crippen molar-refractivity contribution in [3.8, 4) is 0 Å². The van der Waals surface area contributed by atoms with E-state index in [-0.39, 0.29) is 21.7 Å². The van der Waals surface area contributed by atoms with E-state index in [2.05, 4.69) is 10.3 Å². The van der Waals surface area contributed by atoms with Crippen LogP contribution in [0.15, 0.2) is 22.8 Å². The highest BCUT2D eigenvalue weighted by Crippen LogP contribution is 2.31. The van der Waals surface area contributed by atoms with Crippen molar-refractivity contribution in [2.45, 2.75) is 6.92 Å². The van der Waals surface area contributed by atoms with E-state index in [0.717, 1.165) is 11.3 Å². The number of aromatic nitrogens is 1. The van der Waals surface area contributed by atoms with Gasteiger partial charge in [-0.25, -0.2) is 4.98 Å². The highest BCUT2D eigenvalue weighted by Gasteiger charge is 2.19. The minimum absolute atomic E-state index is 0.133. The first-order chi connectivity index (χ1) is 9.06. The number of amides is 1. The Balaban J connectivity index is 2.30. The van der Waals surface area contributed by atoms with Gasteiger partial charge in [0.15, 0.2) is 10.8 Å². The molecule has 2 aromatic rings. The predicted octanol–water partition coefficient (Wildman–Crippen LogP) is 2.77. The second-order valence-electron chi connectivity index (χ2n) is 3.50. The molecule has 1 N–H and O–H groups in total. The van der Waals surface area contributed by atoms with Gasteiger partial charge in [0, 0.05) is 6.92 Å². The normalized spacial score (nSPS) is 10.8. The second-order valence-corrected chi connectivity index (χ2v) is 4.47. The van der Waals surface area contributed by atoms with Gasteiger partial charge < -0.3 is 9.73 Å². The van der Waals surface area contributed by atoms with Gasteiger partial charge in [-0.15, -0.1) is 0 Å². The molecule has 1 amide bonds. The minimum Gasteiger partial charge on any atom is -0.465 e. The van der Waals surface area contributed by atoms with Gasteiger partial charge in [0.25, 0.3) is 0 Å². The van der Waals surface area contributed by atoms with Crippen LogP contribution in [-0.4, -0.2) is 15.8 Å². The van der Waals surface area contributed by atoms with E-state index in [4.69, 9.17) is 4.42 Å². The monoisotopic (exact) mass is 279 g/mol. The summed E-state index contributed by atoms with van der Waals surface area (Å²) in [6, 6.07) is 3.42. The Morgan fingerprint density at radius 3 is 2.95 bits per heavy atom. The van der Waals surface area contributed by atoms with E-state index in [1.165, 1.54) is 19.3 Å². The fraction of sp³-hybridized carbons (Fsp3) is 0.0909. The van der Waals surface area contributed by atoms with E-state index < -0.39 is 4.92 Å². The van der Waals surface area contributed by atoms with Crippen LogP contribution >= 0.6 is 11.3 Å². The molecule has 19 heavy (non-hydrogen) atoms. The predicted molar refractivity (Wildman–Crippen MR) is 70.7 cm³/mol. The maximum Gasteiger partial charge on any atom is 0.353 e. The number of nitro groups is 1. The number of rotatable bonds is 4. The molecular formula is C11H9N3O4S. The fourth-order valence-electron chi connectivity index (χ4n) is 1.31. The maximum atomic E-state index is 10.9. The molecule has 0 aliphatic heterocycles. The van der Waals surface area contributed by atoms with Gasteiger partial charge in [0.05, 0.1) is 11.2 Å². The number of nitrogens with zero attached hydrogens (tertiary/aromatic N) is 2. The van der Waals surface area contributed by atoms with Crippen molar-refractivity contribution in [2.75, 3.05) is 5.32 Å². The molecule has 0 fully saturated rings. The Morgan fingerprint density at radius 2 is 2.37 bits per heavy atom. The molecule has 8 heteroatoms. The zero-order valence-corrected chi connectivity index (χ0v) is 10.6. The SMILES string of the molecule is CC(=O)Nc1nc(C=Cc2ccco2)c([N+](=O)[O-])s1. The first-order valence-corrected chi connectivity index (χ1v) is 6.02. The molecule has 0 aromatic carbocycles. The number of anilines is 1. The minimum atomic E-state index is -0.537. The molecule has 0 bridgehead atoms. The summed E-state index contributed by atoms with van der Waals surface area (Å²) in [7, 11) is 0. The van der Waals surface area contributed by atoms with Gasteiger partial charge in [-0.3, -0.25) is 14.9 Å². The standard InChI is InChI=1S/C11H9N3O4S/c1-7(15)12-11-13-9(10(19-11)14(16)17)5-4-8-3-2-6-18-8/h2-6H,1H3,(H,12,13,15). The van der Waals surface area contributed by atoms with Crippen molar-refractivity contribution < 1.29 is 14.1 Å². The van der Waals surface area contributed by atoms with Crippen molar-refractivity contribution in [3.05, 3.63) is 40.0 Å². The van der Waals surface area contributed by atoms with Crippen LogP contribution in [-0.2, 0) is 4.79 Å². The van der Waals surface area contributed by atoms with Crippen molar-refractivity contribution in [1.29, 1.82) is 0 Å². The Bertz CT molecular complexity index is 630. The molecule has 0 unspecified atom stereocenters. The van der Waals surface area contributed by atoms with E-state index >= 15 is 0 Å². The number of carbonyl (C=O) groups is 1. The molecule has 0 aliphatic carbocycles. The third-order valence-electron chi connectivity index (χ3n) is 2.03. The van der Waals surface area contributed by atoms with Crippen molar-refractivity contribution in [1.82, 2.24) is 4.98 Å². The van der Waals surface area contributed by atoms with Crippen LogP contribution in [0.2, 0.25) is 0 Å². The lowest BCUT2D eigenvalue weighted by molar-refractivity contribution is -0.380. The molecular weight excluding hydrogens is 270 g/mol. The number of hydrogen-bond donors (Lipinski definition) is 1. The molecule has 2 heterocycles. The summed E-state index contributed by atoms with van der Waals surface area (Å²) in [5, 5.41) is 13.4. The Hall–Kier alpha value is -2.48. The van der Waals surface area contributed by atoms with Crippen molar-refractivity contribution in [3.63, 3.8) is 0 Å². The van der Waals surface area contributed by atoms with Gasteiger partial charge in [-0.2, -0.15) is 0 Å². The highest BCUT2D eigenvalue weighted by atomic mass is 32.1. The molecule has 98 valence electrons. The van der Waals surface area contributed by atoms with Crippen LogP contribution < -0.4 is 5.32 Å². The molecule has 0 saturated carbocycles. The maximum absolute atomic E-state index is 10.9. The smallest absolute Gasteiger partial charge is 0.353 e. The van der Waals surface area contributed by atoms with Gasteiger partial charge in [-0.05, 0) is 35.6 Å². The van der Waals surface area contributed by atoms with Crippen LogP contribution in [0.3, 0.4) is 0 Å². The summed E-state index contributed by atoms with van der Waals surface area (Å²) >= 11 is 0.809. The number of furan rings is 1. The van der Waals surface area contributed by atoms with E-state index in [1.807, 2.05) is 0 Å². The third kappa shape index (κ3) is 3.26. The molecule has 0 spiro atoms. The second kappa shape index (κ2) is 5.44. The molecule has 0 aliphatic rings. The number of nitrogens with one attached hydrogen (secondary N) is 1. The molecule has 7 nitrogen and oxygen atoms in total.